The first-order valence-corrected chi connectivity index (χ1v) is 9.79. The van der Waals surface area contributed by atoms with E-state index in [1.807, 2.05) is 0 Å². The quantitative estimate of drug-likeness (QED) is 0.560. The molecule has 0 unspecified atom stereocenters. The molecule has 0 aromatic carbocycles. The van der Waals surface area contributed by atoms with Crippen molar-refractivity contribution in [2.75, 3.05) is 7.11 Å². The smallest absolute Gasteiger partial charge is 0.192 e. The summed E-state index contributed by atoms with van der Waals surface area (Å²) >= 11 is 0. The lowest BCUT2D eigenvalue weighted by Crippen LogP contribution is -2.46. The van der Waals surface area contributed by atoms with Crippen LogP contribution in [0.5, 0.6) is 0 Å². The first-order valence-electron chi connectivity index (χ1n) is 6.88. The summed E-state index contributed by atoms with van der Waals surface area (Å²) < 4.78 is 12.0. The van der Waals surface area contributed by atoms with Gasteiger partial charge in [-0.1, -0.05) is 46.8 Å². The van der Waals surface area contributed by atoms with E-state index >= 15 is 0 Å². The second-order valence-corrected chi connectivity index (χ2v) is 12.4. The Hall–Kier alpha value is -0.123. The Kier molecular flexibility index (Phi) is 4.52. The molecular formula is C15H30O2Si. The number of hydrogen-bond donors (Lipinski definition) is 0. The van der Waals surface area contributed by atoms with Gasteiger partial charge in [0.2, 0.25) is 0 Å². The van der Waals surface area contributed by atoms with Gasteiger partial charge in [0.05, 0.1) is 12.2 Å². The van der Waals surface area contributed by atoms with Gasteiger partial charge < -0.3 is 9.16 Å². The fourth-order valence-electron chi connectivity index (χ4n) is 2.22. The largest absolute Gasteiger partial charge is 0.411 e. The summed E-state index contributed by atoms with van der Waals surface area (Å²) in [5.41, 5.74) is 0.149. The lowest BCUT2D eigenvalue weighted by atomic mass is 9.77. The zero-order valence-electron chi connectivity index (χ0n) is 13.3. The zero-order valence-corrected chi connectivity index (χ0v) is 14.3. The lowest BCUT2D eigenvalue weighted by molar-refractivity contribution is 0.00786. The van der Waals surface area contributed by atoms with Crippen LogP contribution in [0, 0.1) is 5.41 Å². The summed E-state index contributed by atoms with van der Waals surface area (Å²) in [5.74, 6) is 0. The van der Waals surface area contributed by atoms with Crippen LogP contribution >= 0.6 is 0 Å². The molecule has 1 aliphatic carbocycles. The highest BCUT2D eigenvalue weighted by atomic mass is 28.4. The van der Waals surface area contributed by atoms with Gasteiger partial charge in [0.1, 0.15) is 0 Å². The first kappa shape index (κ1) is 15.9. The van der Waals surface area contributed by atoms with Crippen LogP contribution in [0.2, 0.25) is 18.1 Å². The van der Waals surface area contributed by atoms with Gasteiger partial charge in [0, 0.05) is 7.11 Å². The van der Waals surface area contributed by atoms with Crippen molar-refractivity contribution in [3.63, 3.8) is 0 Å². The second-order valence-electron chi connectivity index (χ2n) is 7.65. The van der Waals surface area contributed by atoms with E-state index < -0.39 is 8.32 Å². The van der Waals surface area contributed by atoms with Crippen molar-refractivity contribution in [3.8, 4) is 0 Å². The number of hydrogen-bond acceptors (Lipinski definition) is 2. The Bertz CT molecular complexity index is 313. The van der Waals surface area contributed by atoms with E-state index in [0.717, 1.165) is 6.42 Å². The maximum atomic E-state index is 6.47. The summed E-state index contributed by atoms with van der Waals surface area (Å²) in [5, 5.41) is 0.267. The number of methoxy groups -OCH3 is 1. The summed E-state index contributed by atoms with van der Waals surface area (Å²) in [6.07, 6.45) is 5.85. The minimum Gasteiger partial charge on any atom is -0.411 e. The molecule has 0 N–H and O–H groups in total. The van der Waals surface area contributed by atoms with Crippen LogP contribution in [-0.4, -0.2) is 27.6 Å². The van der Waals surface area contributed by atoms with Crippen molar-refractivity contribution in [3.05, 3.63) is 12.2 Å². The third-order valence-corrected chi connectivity index (χ3v) is 9.01. The van der Waals surface area contributed by atoms with Gasteiger partial charge in [0.25, 0.3) is 0 Å². The van der Waals surface area contributed by atoms with Gasteiger partial charge >= 0.3 is 0 Å². The van der Waals surface area contributed by atoms with Crippen LogP contribution in [0.25, 0.3) is 0 Å². The fourth-order valence-corrected chi connectivity index (χ4v) is 3.49. The Morgan fingerprint density at radius 3 is 2.11 bits per heavy atom. The lowest BCUT2D eigenvalue weighted by Gasteiger charge is -2.43. The molecule has 3 heteroatoms. The molecule has 0 bridgehead atoms. The molecule has 1 rings (SSSR count). The van der Waals surface area contributed by atoms with E-state index in [1.54, 1.807) is 7.11 Å². The van der Waals surface area contributed by atoms with Crippen LogP contribution in [0.15, 0.2) is 12.2 Å². The third-order valence-electron chi connectivity index (χ3n) is 4.50. The zero-order chi connectivity index (χ0) is 14.2. The second kappa shape index (κ2) is 5.10. The summed E-state index contributed by atoms with van der Waals surface area (Å²) in [6, 6.07) is 0. The third kappa shape index (κ3) is 3.46. The first-order chi connectivity index (χ1) is 7.99. The van der Waals surface area contributed by atoms with E-state index in [1.165, 1.54) is 0 Å². The van der Waals surface area contributed by atoms with Crippen LogP contribution < -0.4 is 0 Å². The van der Waals surface area contributed by atoms with E-state index in [2.05, 4.69) is 59.9 Å². The highest BCUT2D eigenvalue weighted by Crippen LogP contribution is 2.41. The Labute approximate surface area is 114 Å². The molecule has 0 fully saturated rings. The van der Waals surface area contributed by atoms with Gasteiger partial charge in [-0.25, -0.2) is 0 Å². The molecule has 106 valence electrons. The summed E-state index contributed by atoms with van der Waals surface area (Å²) in [4.78, 5) is 0. The van der Waals surface area contributed by atoms with Crippen molar-refractivity contribution in [1.29, 1.82) is 0 Å². The molecular weight excluding hydrogens is 240 g/mol. The number of ether oxygens (including phenoxy) is 1. The van der Waals surface area contributed by atoms with Crippen LogP contribution in [0.3, 0.4) is 0 Å². The van der Waals surface area contributed by atoms with Gasteiger partial charge in [-0.05, 0) is 30.0 Å². The molecule has 1 aliphatic rings. The van der Waals surface area contributed by atoms with E-state index in [-0.39, 0.29) is 22.7 Å². The van der Waals surface area contributed by atoms with Crippen LogP contribution in [0.1, 0.15) is 41.0 Å². The summed E-state index contributed by atoms with van der Waals surface area (Å²) in [7, 11) is 0.104. The predicted molar refractivity (Wildman–Crippen MR) is 80.4 cm³/mol. The van der Waals surface area contributed by atoms with E-state index in [9.17, 15) is 0 Å². The van der Waals surface area contributed by atoms with Crippen molar-refractivity contribution >= 4 is 8.32 Å². The van der Waals surface area contributed by atoms with E-state index in [4.69, 9.17) is 9.16 Å². The normalized spacial score (nSPS) is 28.4. The van der Waals surface area contributed by atoms with Gasteiger partial charge in [-0.15, -0.1) is 0 Å². The topological polar surface area (TPSA) is 18.5 Å². The van der Waals surface area contributed by atoms with Crippen molar-refractivity contribution in [2.45, 2.75) is 71.4 Å². The SMILES string of the molecule is CO[C@H]1C=C[C@H](O[Si](C)(C)C(C)(C)C)CC1(C)C. The Balaban J connectivity index is 2.78. The molecule has 0 spiro atoms. The monoisotopic (exact) mass is 270 g/mol. The minimum absolute atomic E-state index is 0.149. The molecule has 0 aromatic rings. The highest BCUT2D eigenvalue weighted by molar-refractivity contribution is 6.74. The maximum absolute atomic E-state index is 6.47. The highest BCUT2D eigenvalue weighted by Gasteiger charge is 2.41. The van der Waals surface area contributed by atoms with Crippen LogP contribution in [-0.2, 0) is 9.16 Å². The molecule has 2 atom stereocenters. The van der Waals surface area contributed by atoms with E-state index in [0.29, 0.717) is 0 Å². The molecule has 2 nitrogen and oxygen atoms in total. The molecule has 0 heterocycles. The Morgan fingerprint density at radius 2 is 1.72 bits per heavy atom. The van der Waals surface area contributed by atoms with Crippen LogP contribution in [0.4, 0.5) is 0 Å². The molecule has 0 amide bonds. The van der Waals surface area contributed by atoms with Gasteiger partial charge in [0.15, 0.2) is 8.32 Å². The fraction of sp³-hybridized carbons (Fsp3) is 0.867. The van der Waals surface area contributed by atoms with Crippen molar-refractivity contribution in [2.24, 2.45) is 5.41 Å². The molecule has 0 radical (unpaired) electrons. The summed E-state index contributed by atoms with van der Waals surface area (Å²) in [6.45, 7) is 16.0. The molecule has 0 saturated carbocycles. The molecule has 0 saturated heterocycles. The predicted octanol–water partition coefficient (Wildman–Crippen LogP) is 4.38. The molecule has 0 aromatic heterocycles. The maximum Gasteiger partial charge on any atom is 0.192 e. The molecule has 18 heavy (non-hydrogen) atoms. The van der Waals surface area contributed by atoms with Crippen molar-refractivity contribution < 1.29 is 9.16 Å². The molecule has 0 aliphatic heterocycles. The minimum atomic E-state index is -1.68. The van der Waals surface area contributed by atoms with Crippen molar-refractivity contribution in [1.82, 2.24) is 0 Å². The average Bonchev–Trinajstić information content (AvgIpc) is 2.13. The Morgan fingerprint density at radius 1 is 1.17 bits per heavy atom. The van der Waals surface area contributed by atoms with Gasteiger partial charge in [-0.2, -0.15) is 0 Å². The standard InChI is InChI=1S/C15H30O2Si/c1-14(2,3)18(7,8)17-12-9-10-13(16-6)15(4,5)11-12/h9-10,12-13H,11H2,1-8H3/t12-,13-/m0/s1. The average molecular weight is 270 g/mol. The van der Waals surface area contributed by atoms with Gasteiger partial charge in [-0.3, -0.25) is 0 Å². The number of rotatable bonds is 3.